The summed E-state index contributed by atoms with van der Waals surface area (Å²) in [6, 6.07) is 8.07. The minimum absolute atomic E-state index is 0.192. The van der Waals surface area contributed by atoms with Crippen LogP contribution >= 0.6 is 0 Å². The lowest BCUT2D eigenvalue weighted by Crippen LogP contribution is -2.41. The third kappa shape index (κ3) is 3.27. The number of rotatable bonds is 6. The molecule has 4 nitrogen and oxygen atoms in total. The molecule has 21 heavy (non-hydrogen) atoms. The number of aryl methyl sites for hydroxylation is 1. The highest BCUT2D eigenvalue weighted by atomic mass is 16.5. The average Bonchev–Trinajstić information content (AvgIpc) is 2.85. The second-order valence-electron chi connectivity index (χ2n) is 5.58. The monoisotopic (exact) mass is 288 g/mol. The van der Waals surface area contributed by atoms with Crippen molar-refractivity contribution in [2.45, 2.75) is 39.9 Å². The first-order valence-electron chi connectivity index (χ1n) is 7.46. The molecule has 4 heteroatoms. The van der Waals surface area contributed by atoms with Gasteiger partial charge in [-0.1, -0.05) is 32.0 Å². The van der Waals surface area contributed by atoms with E-state index in [2.05, 4.69) is 41.2 Å². The van der Waals surface area contributed by atoms with Gasteiger partial charge in [-0.2, -0.15) is 0 Å². The first-order valence-corrected chi connectivity index (χ1v) is 7.46. The summed E-state index contributed by atoms with van der Waals surface area (Å²) in [7, 11) is 1.43. The molecule has 0 bridgehead atoms. The van der Waals surface area contributed by atoms with Crippen molar-refractivity contribution >= 4 is 16.9 Å². The number of para-hydroxylation sites is 1. The number of aromatic nitrogens is 1. The highest BCUT2D eigenvalue weighted by Gasteiger charge is 2.22. The van der Waals surface area contributed by atoms with Crippen LogP contribution in [-0.4, -0.2) is 23.7 Å². The quantitative estimate of drug-likeness (QED) is 0.831. The molecule has 0 aliphatic heterocycles. The molecule has 0 amide bonds. The molecule has 2 rings (SSSR count). The standard InChI is InChI=1S/C17H24N2O2/c1-5-19-11-13(14-8-6-7-9-15(14)19)10-18-16(12(2)3)17(20)21-4/h6-9,11-12,16,18H,5,10H2,1-4H3. The smallest absolute Gasteiger partial charge is 0.323 e. The first kappa shape index (κ1) is 15.6. The fourth-order valence-corrected chi connectivity index (χ4v) is 2.66. The summed E-state index contributed by atoms with van der Waals surface area (Å²) in [5.74, 6) is -0.0128. The lowest BCUT2D eigenvalue weighted by atomic mass is 10.0. The Labute approximate surface area is 126 Å². The van der Waals surface area contributed by atoms with Gasteiger partial charge in [0.2, 0.25) is 0 Å². The van der Waals surface area contributed by atoms with Gasteiger partial charge in [-0.25, -0.2) is 0 Å². The van der Waals surface area contributed by atoms with Crippen molar-refractivity contribution in [2.75, 3.05) is 7.11 Å². The van der Waals surface area contributed by atoms with Crippen molar-refractivity contribution in [1.82, 2.24) is 9.88 Å². The Bertz CT molecular complexity index is 616. The van der Waals surface area contributed by atoms with Crippen LogP contribution in [0.4, 0.5) is 0 Å². The predicted octanol–water partition coefficient (Wildman–Crippen LogP) is 2.95. The molecule has 1 aromatic heterocycles. The SMILES string of the molecule is CCn1cc(CNC(C(=O)OC)C(C)C)c2ccccc21. The van der Waals surface area contributed by atoms with Gasteiger partial charge in [0.15, 0.2) is 0 Å². The molecule has 0 fully saturated rings. The van der Waals surface area contributed by atoms with Crippen molar-refractivity contribution in [1.29, 1.82) is 0 Å². The fraction of sp³-hybridized carbons (Fsp3) is 0.471. The number of benzene rings is 1. The Morgan fingerprint density at radius 2 is 2.05 bits per heavy atom. The molecule has 0 aliphatic rings. The summed E-state index contributed by atoms with van der Waals surface area (Å²) in [5, 5.41) is 4.56. The molecule has 1 unspecified atom stereocenters. The molecule has 0 spiro atoms. The molecular formula is C17H24N2O2. The Balaban J connectivity index is 2.21. The van der Waals surface area contributed by atoms with E-state index >= 15 is 0 Å². The number of ether oxygens (including phenoxy) is 1. The molecule has 2 aromatic rings. The van der Waals surface area contributed by atoms with Crippen LogP contribution in [0.25, 0.3) is 10.9 Å². The van der Waals surface area contributed by atoms with Crippen molar-refractivity contribution in [2.24, 2.45) is 5.92 Å². The Kier molecular flexibility index (Phi) is 5.02. The zero-order valence-electron chi connectivity index (χ0n) is 13.2. The summed E-state index contributed by atoms with van der Waals surface area (Å²) < 4.78 is 7.10. The van der Waals surface area contributed by atoms with Gasteiger partial charge in [-0.05, 0) is 24.5 Å². The van der Waals surface area contributed by atoms with Gasteiger partial charge < -0.3 is 9.30 Å². The maximum Gasteiger partial charge on any atom is 0.323 e. The number of esters is 1. The predicted molar refractivity (Wildman–Crippen MR) is 85.1 cm³/mol. The van der Waals surface area contributed by atoms with Crippen LogP contribution in [0.3, 0.4) is 0 Å². The van der Waals surface area contributed by atoms with Gasteiger partial charge in [-0.15, -0.1) is 0 Å². The van der Waals surface area contributed by atoms with Crippen LogP contribution in [0.1, 0.15) is 26.3 Å². The number of carbonyl (C=O) groups is 1. The van der Waals surface area contributed by atoms with Crippen molar-refractivity contribution in [3.8, 4) is 0 Å². The number of nitrogens with one attached hydrogen (secondary N) is 1. The Hall–Kier alpha value is -1.81. The average molecular weight is 288 g/mol. The molecule has 0 radical (unpaired) electrons. The third-order valence-corrected chi connectivity index (χ3v) is 3.85. The largest absolute Gasteiger partial charge is 0.468 e. The van der Waals surface area contributed by atoms with Gasteiger partial charge in [-0.3, -0.25) is 10.1 Å². The second kappa shape index (κ2) is 6.76. The van der Waals surface area contributed by atoms with Gasteiger partial charge in [0.05, 0.1) is 7.11 Å². The zero-order valence-corrected chi connectivity index (χ0v) is 13.2. The number of hydrogen-bond acceptors (Lipinski definition) is 3. The van der Waals surface area contributed by atoms with E-state index in [9.17, 15) is 4.79 Å². The van der Waals surface area contributed by atoms with E-state index in [1.807, 2.05) is 19.9 Å². The number of fused-ring (bicyclic) bond motifs is 1. The summed E-state index contributed by atoms with van der Waals surface area (Å²) in [6.45, 7) is 7.76. The zero-order chi connectivity index (χ0) is 15.4. The lowest BCUT2D eigenvalue weighted by Gasteiger charge is -2.19. The van der Waals surface area contributed by atoms with Crippen molar-refractivity contribution in [3.05, 3.63) is 36.0 Å². The van der Waals surface area contributed by atoms with Crippen molar-refractivity contribution in [3.63, 3.8) is 0 Å². The maximum absolute atomic E-state index is 11.8. The van der Waals surface area contributed by atoms with E-state index in [-0.39, 0.29) is 17.9 Å². The van der Waals surface area contributed by atoms with Gasteiger partial charge in [0.25, 0.3) is 0 Å². The minimum Gasteiger partial charge on any atom is -0.468 e. The summed E-state index contributed by atoms with van der Waals surface area (Å²) >= 11 is 0. The third-order valence-electron chi connectivity index (χ3n) is 3.85. The summed E-state index contributed by atoms with van der Waals surface area (Å²) in [5.41, 5.74) is 2.44. The molecule has 1 atom stereocenters. The topological polar surface area (TPSA) is 43.3 Å². The number of methoxy groups -OCH3 is 1. The van der Waals surface area contributed by atoms with E-state index in [4.69, 9.17) is 4.74 Å². The maximum atomic E-state index is 11.8. The van der Waals surface area contributed by atoms with Crippen LogP contribution in [0.2, 0.25) is 0 Å². The van der Waals surface area contributed by atoms with Gasteiger partial charge >= 0.3 is 5.97 Å². The molecule has 1 heterocycles. The molecule has 1 aromatic carbocycles. The van der Waals surface area contributed by atoms with Crippen LogP contribution in [0.5, 0.6) is 0 Å². The van der Waals surface area contributed by atoms with E-state index in [0.29, 0.717) is 6.54 Å². The van der Waals surface area contributed by atoms with Crippen molar-refractivity contribution < 1.29 is 9.53 Å². The van der Waals surface area contributed by atoms with Gasteiger partial charge in [0.1, 0.15) is 6.04 Å². The Morgan fingerprint density at radius 3 is 2.67 bits per heavy atom. The molecule has 0 aliphatic carbocycles. The Morgan fingerprint density at radius 1 is 1.33 bits per heavy atom. The van der Waals surface area contributed by atoms with Crippen LogP contribution in [-0.2, 0) is 22.6 Å². The molecular weight excluding hydrogens is 264 g/mol. The lowest BCUT2D eigenvalue weighted by molar-refractivity contribution is -0.144. The van der Waals surface area contributed by atoms with E-state index in [1.165, 1.54) is 23.6 Å². The van der Waals surface area contributed by atoms with Crippen LogP contribution in [0, 0.1) is 5.92 Å². The molecule has 0 saturated carbocycles. The molecule has 1 N–H and O–H groups in total. The number of nitrogens with zero attached hydrogens (tertiary/aromatic N) is 1. The van der Waals surface area contributed by atoms with Crippen LogP contribution < -0.4 is 5.32 Å². The molecule has 0 saturated heterocycles. The summed E-state index contributed by atoms with van der Waals surface area (Å²) in [4.78, 5) is 11.8. The number of hydrogen-bond donors (Lipinski definition) is 1. The highest BCUT2D eigenvalue weighted by Crippen LogP contribution is 2.21. The second-order valence-corrected chi connectivity index (χ2v) is 5.58. The summed E-state index contributed by atoms with van der Waals surface area (Å²) in [6.07, 6.45) is 2.16. The van der Waals surface area contributed by atoms with Gasteiger partial charge in [0, 0.05) is 30.2 Å². The number of carbonyl (C=O) groups excluding carboxylic acids is 1. The normalized spacial score (nSPS) is 12.8. The van der Waals surface area contributed by atoms with Crippen LogP contribution in [0.15, 0.2) is 30.5 Å². The fourth-order valence-electron chi connectivity index (χ4n) is 2.66. The van der Waals surface area contributed by atoms with E-state index < -0.39 is 0 Å². The minimum atomic E-state index is -0.279. The highest BCUT2D eigenvalue weighted by molar-refractivity contribution is 5.84. The van der Waals surface area contributed by atoms with E-state index in [1.54, 1.807) is 0 Å². The first-order chi connectivity index (χ1) is 10.1. The molecule has 114 valence electrons. The van der Waals surface area contributed by atoms with E-state index in [0.717, 1.165) is 6.54 Å².